The minimum atomic E-state index is -1.16. The van der Waals surface area contributed by atoms with Crippen molar-refractivity contribution >= 4 is 11.9 Å². The molecule has 98 valence electrons. The average molecular weight is 250 g/mol. The van der Waals surface area contributed by atoms with Crippen molar-refractivity contribution in [1.29, 1.82) is 0 Å². The van der Waals surface area contributed by atoms with Crippen LogP contribution >= 0.6 is 0 Å². The van der Waals surface area contributed by atoms with Gasteiger partial charge in [0.2, 0.25) is 0 Å². The van der Waals surface area contributed by atoms with Gasteiger partial charge in [0.15, 0.2) is 0 Å². The summed E-state index contributed by atoms with van der Waals surface area (Å²) in [6.07, 6.45) is 6.08. The quantitative estimate of drug-likeness (QED) is 0.735. The van der Waals surface area contributed by atoms with Gasteiger partial charge in [-0.25, -0.2) is 4.79 Å². The Labute approximate surface area is 106 Å². The Morgan fingerprint density at radius 3 is 2.39 bits per heavy atom. The van der Waals surface area contributed by atoms with Crippen LogP contribution in [0.2, 0.25) is 0 Å². The standard InChI is InChI=1S/C14H18O4/c1-4-10-11(13(17)18)9(12(15)16)7-8-14(10,5-2)6-3/h5,7-9H,2,4,6H2,1,3H3,(H,15,16)(H,17,18). The summed E-state index contributed by atoms with van der Waals surface area (Å²) >= 11 is 0. The first-order chi connectivity index (χ1) is 8.43. The number of carboxylic acids is 2. The Bertz CT molecular complexity index is 445. The third-order valence-corrected chi connectivity index (χ3v) is 3.58. The van der Waals surface area contributed by atoms with Crippen molar-refractivity contribution in [2.75, 3.05) is 0 Å². The van der Waals surface area contributed by atoms with Crippen LogP contribution in [0, 0.1) is 11.3 Å². The molecule has 0 bridgehead atoms. The lowest BCUT2D eigenvalue weighted by atomic mass is 9.68. The Hall–Kier alpha value is -1.84. The molecule has 0 saturated carbocycles. The van der Waals surface area contributed by atoms with Crippen LogP contribution in [-0.4, -0.2) is 22.2 Å². The second-order valence-corrected chi connectivity index (χ2v) is 4.32. The van der Waals surface area contributed by atoms with E-state index in [2.05, 4.69) is 6.58 Å². The van der Waals surface area contributed by atoms with E-state index >= 15 is 0 Å². The van der Waals surface area contributed by atoms with Crippen molar-refractivity contribution in [2.24, 2.45) is 11.3 Å². The molecule has 4 nitrogen and oxygen atoms in total. The van der Waals surface area contributed by atoms with E-state index in [1.807, 2.05) is 13.8 Å². The monoisotopic (exact) mass is 250 g/mol. The highest BCUT2D eigenvalue weighted by Gasteiger charge is 2.39. The third kappa shape index (κ3) is 2.10. The normalized spacial score (nSPS) is 27.1. The lowest BCUT2D eigenvalue weighted by molar-refractivity contribution is -0.142. The second-order valence-electron chi connectivity index (χ2n) is 4.32. The molecule has 18 heavy (non-hydrogen) atoms. The number of carbonyl (C=O) groups is 2. The molecule has 0 fully saturated rings. The van der Waals surface area contributed by atoms with Crippen molar-refractivity contribution in [1.82, 2.24) is 0 Å². The molecule has 1 rings (SSSR count). The zero-order chi connectivity index (χ0) is 13.9. The van der Waals surface area contributed by atoms with Crippen LogP contribution in [0.5, 0.6) is 0 Å². The van der Waals surface area contributed by atoms with Crippen molar-refractivity contribution in [2.45, 2.75) is 26.7 Å². The van der Waals surface area contributed by atoms with E-state index in [0.717, 1.165) is 0 Å². The molecule has 0 heterocycles. The van der Waals surface area contributed by atoms with Gasteiger partial charge < -0.3 is 10.2 Å². The Balaban J connectivity index is 3.51. The van der Waals surface area contributed by atoms with Crippen molar-refractivity contribution in [3.63, 3.8) is 0 Å². The smallest absolute Gasteiger partial charge is 0.332 e. The summed E-state index contributed by atoms with van der Waals surface area (Å²) in [4.78, 5) is 22.5. The molecule has 0 aromatic carbocycles. The zero-order valence-electron chi connectivity index (χ0n) is 10.6. The van der Waals surface area contributed by atoms with Crippen LogP contribution in [0.4, 0.5) is 0 Å². The van der Waals surface area contributed by atoms with Crippen LogP contribution in [0.15, 0.2) is 36.0 Å². The molecule has 0 aromatic heterocycles. The number of allylic oxidation sites excluding steroid dienone is 3. The lowest BCUT2D eigenvalue weighted by Crippen LogP contribution is -2.31. The van der Waals surface area contributed by atoms with Gasteiger partial charge in [0.1, 0.15) is 5.92 Å². The van der Waals surface area contributed by atoms with E-state index in [1.165, 1.54) is 6.08 Å². The largest absolute Gasteiger partial charge is 0.481 e. The first-order valence-corrected chi connectivity index (χ1v) is 5.96. The number of carboxylic acid groups (broad SMARTS) is 2. The van der Waals surface area contributed by atoms with Crippen LogP contribution in [0.1, 0.15) is 26.7 Å². The lowest BCUT2D eigenvalue weighted by Gasteiger charge is -2.35. The highest BCUT2D eigenvalue weighted by Crippen LogP contribution is 2.43. The Morgan fingerprint density at radius 1 is 1.44 bits per heavy atom. The van der Waals surface area contributed by atoms with Crippen LogP contribution < -0.4 is 0 Å². The molecule has 1 aliphatic carbocycles. The Kier molecular flexibility index (Phi) is 4.11. The van der Waals surface area contributed by atoms with Crippen LogP contribution in [0.25, 0.3) is 0 Å². The van der Waals surface area contributed by atoms with Gasteiger partial charge in [-0.2, -0.15) is 0 Å². The predicted octanol–water partition coefficient (Wildman–Crippen LogP) is 2.63. The fourth-order valence-electron chi connectivity index (χ4n) is 2.56. The summed E-state index contributed by atoms with van der Waals surface area (Å²) in [5.74, 6) is -3.37. The zero-order valence-corrected chi connectivity index (χ0v) is 10.6. The maximum absolute atomic E-state index is 11.4. The fraction of sp³-hybridized carbons (Fsp3) is 0.429. The topological polar surface area (TPSA) is 74.6 Å². The van der Waals surface area contributed by atoms with Gasteiger partial charge in [0.25, 0.3) is 0 Å². The minimum absolute atomic E-state index is 0.0192. The molecule has 1 aliphatic rings. The molecule has 0 amide bonds. The van der Waals surface area contributed by atoms with Gasteiger partial charge in [-0.1, -0.05) is 32.1 Å². The molecular weight excluding hydrogens is 232 g/mol. The highest BCUT2D eigenvalue weighted by atomic mass is 16.4. The number of hydrogen-bond donors (Lipinski definition) is 2. The highest BCUT2D eigenvalue weighted by molar-refractivity contribution is 5.96. The van der Waals surface area contributed by atoms with Crippen LogP contribution in [0.3, 0.4) is 0 Å². The second kappa shape index (κ2) is 5.21. The van der Waals surface area contributed by atoms with Gasteiger partial charge in [0.05, 0.1) is 5.57 Å². The Morgan fingerprint density at radius 2 is 2.06 bits per heavy atom. The number of aliphatic carboxylic acids is 2. The van der Waals surface area contributed by atoms with Crippen molar-refractivity contribution < 1.29 is 19.8 Å². The summed E-state index contributed by atoms with van der Waals surface area (Å²) in [6.45, 7) is 7.53. The molecule has 0 aliphatic heterocycles. The van der Waals surface area contributed by atoms with Crippen molar-refractivity contribution in [3.8, 4) is 0 Å². The van der Waals surface area contributed by atoms with Gasteiger partial charge in [0, 0.05) is 5.41 Å². The summed E-state index contributed by atoms with van der Waals surface area (Å²) in [5.41, 5.74) is 0.0886. The molecule has 0 spiro atoms. The summed E-state index contributed by atoms with van der Waals surface area (Å²) in [5, 5.41) is 18.4. The van der Waals surface area contributed by atoms with E-state index in [9.17, 15) is 14.7 Å². The molecule has 4 heteroatoms. The minimum Gasteiger partial charge on any atom is -0.481 e. The maximum atomic E-state index is 11.4. The summed E-state index contributed by atoms with van der Waals surface area (Å²) in [7, 11) is 0. The predicted molar refractivity (Wildman–Crippen MR) is 68.1 cm³/mol. The molecule has 0 radical (unpaired) electrons. The number of rotatable bonds is 5. The molecular formula is C14H18O4. The number of hydrogen-bond acceptors (Lipinski definition) is 2. The van der Waals surface area contributed by atoms with Gasteiger partial charge in [-0.15, -0.1) is 6.58 Å². The summed E-state index contributed by atoms with van der Waals surface area (Å²) in [6, 6.07) is 0. The maximum Gasteiger partial charge on any atom is 0.332 e. The van der Waals surface area contributed by atoms with Gasteiger partial charge in [-0.05, 0) is 18.4 Å². The fourth-order valence-corrected chi connectivity index (χ4v) is 2.56. The average Bonchev–Trinajstić information content (AvgIpc) is 2.36. The van der Waals surface area contributed by atoms with E-state index in [4.69, 9.17) is 5.11 Å². The van der Waals surface area contributed by atoms with Gasteiger partial charge in [-0.3, -0.25) is 4.79 Å². The van der Waals surface area contributed by atoms with E-state index in [0.29, 0.717) is 18.4 Å². The molecule has 0 aromatic rings. The van der Waals surface area contributed by atoms with Crippen LogP contribution in [-0.2, 0) is 9.59 Å². The first-order valence-electron chi connectivity index (χ1n) is 5.96. The molecule has 2 unspecified atom stereocenters. The SMILES string of the molecule is C=CC1(CC)C=CC(C(=O)O)C(C(=O)O)=C1CC. The van der Waals surface area contributed by atoms with E-state index < -0.39 is 23.3 Å². The van der Waals surface area contributed by atoms with Gasteiger partial charge >= 0.3 is 11.9 Å². The van der Waals surface area contributed by atoms with E-state index in [-0.39, 0.29) is 5.57 Å². The molecule has 0 saturated heterocycles. The molecule has 2 N–H and O–H groups in total. The van der Waals surface area contributed by atoms with E-state index in [1.54, 1.807) is 12.2 Å². The molecule has 2 atom stereocenters. The van der Waals surface area contributed by atoms with Crippen molar-refractivity contribution in [3.05, 3.63) is 36.0 Å². The third-order valence-electron chi connectivity index (χ3n) is 3.58. The summed E-state index contributed by atoms with van der Waals surface area (Å²) < 4.78 is 0. The first kappa shape index (κ1) is 14.2.